The average Bonchev–Trinajstić information content (AvgIpc) is 2.81. The van der Waals surface area contributed by atoms with Gasteiger partial charge in [0.2, 0.25) is 10.0 Å². The number of aromatic nitrogens is 1. The number of aromatic amines is 1. The van der Waals surface area contributed by atoms with Gasteiger partial charge in [-0.2, -0.15) is 0 Å². The normalized spacial score (nSPS) is 25.5. The molecule has 1 aromatic carbocycles. The van der Waals surface area contributed by atoms with Crippen molar-refractivity contribution in [1.29, 1.82) is 0 Å². The number of sulfonamides is 1. The van der Waals surface area contributed by atoms with Gasteiger partial charge in [-0.1, -0.05) is 6.07 Å². The molecular formula is C14H21N3O2S. The third-order valence-corrected chi connectivity index (χ3v) is 3.58. The van der Waals surface area contributed by atoms with Crippen molar-refractivity contribution in [1.82, 2.24) is 14.6 Å². The van der Waals surface area contributed by atoms with Gasteiger partial charge in [0.15, 0.2) is 1.41 Å². The van der Waals surface area contributed by atoms with E-state index in [-0.39, 0.29) is 26.9 Å². The second-order valence-electron chi connectivity index (χ2n) is 4.04. The van der Waals surface area contributed by atoms with Gasteiger partial charge >= 0.3 is 0 Å². The van der Waals surface area contributed by atoms with Crippen molar-refractivity contribution in [3.63, 3.8) is 0 Å². The Kier molecular flexibility index (Phi) is 1.52. The predicted molar refractivity (Wildman–Crippen MR) is 82.2 cm³/mol. The van der Waals surface area contributed by atoms with Crippen LogP contribution in [0.2, 0.25) is 2.82 Å². The van der Waals surface area contributed by atoms with Gasteiger partial charge in [-0.05, 0) is 50.6 Å². The summed E-state index contributed by atoms with van der Waals surface area (Å²) in [6.07, 6.45) is -1.53. The topological polar surface area (TPSA) is 65.2 Å². The van der Waals surface area contributed by atoms with Crippen molar-refractivity contribution in [2.24, 2.45) is 0 Å². The van der Waals surface area contributed by atoms with Crippen molar-refractivity contribution in [2.75, 3.05) is 27.4 Å². The van der Waals surface area contributed by atoms with Crippen LogP contribution in [0.15, 0.2) is 24.4 Å². The van der Waals surface area contributed by atoms with Crippen LogP contribution in [0.3, 0.4) is 0 Å². The first-order valence-corrected chi connectivity index (χ1v) is 7.05. The molecule has 0 atom stereocenters. The van der Waals surface area contributed by atoms with E-state index in [1.165, 1.54) is 12.1 Å². The van der Waals surface area contributed by atoms with E-state index >= 15 is 0 Å². The minimum Gasteiger partial charge on any atom is -0.361 e. The molecule has 0 saturated heterocycles. The molecule has 1 heterocycles. The number of H-pyrrole nitrogens is 1. The molecule has 2 N–H and O–H groups in total. The maximum Gasteiger partial charge on any atom is 0.215 e. The second-order valence-corrected chi connectivity index (χ2v) is 5.68. The lowest BCUT2D eigenvalue weighted by molar-refractivity contribution is 0.414. The summed E-state index contributed by atoms with van der Waals surface area (Å²) < 4.78 is 130. The summed E-state index contributed by atoms with van der Waals surface area (Å²) >= 11 is 0. The molecular weight excluding hydrogens is 274 g/mol. The number of rotatable bonds is 6. The van der Waals surface area contributed by atoms with E-state index in [0.29, 0.717) is 4.98 Å². The second kappa shape index (κ2) is 5.95. The Morgan fingerprint density at radius 1 is 1.60 bits per heavy atom. The number of hydrogen-bond acceptors (Lipinski definition) is 3. The first-order valence-electron chi connectivity index (χ1n) is 12.3. The summed E-state index contributed by atoms with van der Waals surface area (Å²) in [5.41, 5.74) is -0.291. The van der Waals surface area contributed by atoms with Crippen LogP contribution in [0.1, 0.15) is 27.6 Å². The molecule has 0 amide bonds. The van der Waals surface area contributed by atoms with Crippen molar-refractivity contribution >= 4 is 20.9 Å². The van der Waals surface area contributed by atoms with E-state index in [2.05, 4.69) is 0 Å². The predicted octanol–water partition coefficient (Wildman–Crippen LogP) is 1.32. The van der Waals surface area contributed by atoms with Gasteiger partial charge in [0.05, 0.1) is 7.12 Å². The first kappa shape index (κ1) is 5.12. The molecule has 110 valence electrons. The van der Waals surface area contributed by atoms with Gasteiger partial charge in [0.1, 0.15) is 1.41 Å². The van der Waals surface area contributed by atoms with Crippen LogP contribution in [0.4, 0.5) is 0 Å². The smallest absolute Gasteiger partial charge is 0.215 e. The minimum atomic E-state index is -4.64. The Bertz CT molecular complexity index is 1150. The minimum absolute atomic E-state index is 0.0183. The summed E-state index contributed by atoms with van der Waals surface area (Å²) in [7, 11) is -4.64. The molecule has 0 bridgehead atoms. The van der Waals surface area contributed by atoms with E-state index in [1.54, 1.807) is 0 Å². The molecule has 0 spiro atoms. The number of aryl methyl sites for hydroxylation is 1. The van der Waals surface area contributed by atoms with Gasteiger partial charge in [0.25, 0.3) is 0 Å². The Morgan fingerprint density at radius 3 is 3.20 bits per heavy atom. The average molecular weight is 309 g/mol. The molecule has 0 saturated carbocycles. The summed E-state index contributed by atoms with van der Waals surface area (Å²) in [4.78, 5) is 0.287. The summed E-state index contributed by atoms with van der Waals surface area (Å²) in [6.45, 7) is -13.0. The van der Waals surface area contributed by atoms with Crippen LogP contribution >= 0.6 is 0 Å². The molecule has 0 aliphatic carbocycles. The maximum absolute atomic E-state index is 12.3. The lowest BCUT2D eigenvalue weighted by Gasteiger charge is -2.08. The highest BCUT2D eigenvalue weighted by molar-refractivity contribution is 7.88. The van der Waals surface area contributed by atoms with E-state index < -0.39 is 60.5 Å². The zero-order chi connectivity index (χ0) is 26.7. The molecule has 0 aliphatic heterocycles. The fraction of sp³-hybridized carbons (Fsp3) is 0.429. The molecule has 0 aliphatic rings. The van der Waals surface area contributed by atoms with Crippen molar-refractivity contribution in [2.45, 2.75) is 12.2 Å². The van der Waals surface area contributed by atoms with Crippen LogP contribution in [0, 0.1) is 0 Å². The number of benzene rings is 1. The number of likely N-dealkylation sites (N-methyl/N-ethyl adjacent to an activating group) is 1. The van der Waals surface area contributed by atoms with Gasteiger partial charge in [-0.3, -0.25) is 0 Å². The Morgan fingerprint density at radius 2 is 2.45 bits per heavy atom. The number of nitrogens with one attached hydrogen (secondary N) is 2. The number of hydrogen-bond donors (Lipinski definition) is 2. The summed E-state index contributed by atoms with van der Waals surface area (Å²) in [6, 6.07) is 3.58. The SMILES string of the molecule is [2H]c1c(CC([2H])([2H])N(C([2H])([2H])[2H])C([2H])([2H])[2H])c2cc(CS(=O)(=O)N([2H])C([2H])([2H])[2H])ccc2n1[2H]. The van der Waals surface area contributed by atoms with Crippen LogP contribution in [-0.2, 0) is 22.2 Å². The summed E-state index contributed by atoms with van der Waals surface area (Å²) in [5, 5.41) is -0.0296. The van der Waals surface area contributed by atoms with Crippen molar-refractivity contribution < 1.29 is 27.7 Å². The van der Waals surface area contributed by atoms with Gasteiger partial charge in [-0.25, -0.2) is 13.1 Å². The molecule has 6 heteroatoms. The molecule has 5 nitrogen and oxygen atoms in total. The highest BCUT2D eigenvalue weighted by Crippen LogP contribution is 2.21. The molecule has 20 heavy (non-hydrogen) atoms. The third-order valence-electron chi connectivity index (χ3n) is 2.60. The largest absolute Gasteiger partial charge is 0.361 e. The quantitative estimate of drug-likeness (QED) is 0.846. The van der Waals surface area contributed by atoms with E-state index in [1.807, 2.05) is 0 Å². The molecule has 2 aromatic rings. The summed E-state index contributed by atoms with van der Waals surface area (Å²) in [5.74, 6) is -0.940. The van der Waals surface area contributed by atoms with Gasteiger partial charge in [-0.15, -0.1) is 0 Å². The van der Waals surface area contributed by atoms with Crippen molar-refractivity contribution in [3.05, 3.63) is 35.5 Å². The van der Waals surface area contributed by atoms with E-state index in [4.69, 9.17) is 19.3 Å². The lowest BCUT2D eigenvalue weighted by Crippen LogP contribution is -2.20. The number of fused-ring (bicyclic) bond motifs is 1. The fourth-order valence-electron chi connectivity index (χ4n) is 1.74. The Hall–Kier alpha value is -1.37. The molecule has 0 fully saturated rings. The lowest BCUT2D eigenvalue weighted by atomic mass is 10.1. The van der Waals surface area contributed by atoms with E-state index in [0.717, 1.165) is 6.07 Å². The first-order chi connectivity index (χ1) is 15.0. The van der Waals surface area contributed by atoms with Crippen LogP contribution in [-0.4, -0.2) is 45.7 Å². The Balaban J connectivity index is 2.59. The zero-order valence-electron chi connectivity index (χ0n) is 24.2. The Labute approximate surface area is 139 Å². The van der Waals surface area contributed by atoms with Gasteiger partial charge in [0, 0.05) is 38.7 Å². The van der Waals surface area contributed by atoms with Crippen LogP contribution < -0.4 is 4.72 Å². The monoisotopic (exact) mass is 309 g/mol. The van der Waals surface area contributed by atoms with Crippen LogP contribution in [0.5, 0.6) is 0 Å². The highest BCUT2D eigenvalue weighted by Gasteiger charge is 2.11. The van der Waals surface area contributed by atoms with E-state index in [9.17, 15) is 8.42 Å². The maximum atomic E-state index is 12.3. The van der Waals surface area contributed by atoms with Gasteiger partial charge < -0.3 is 9.88 Å². The number of nitrogens with zero attached hydrogens (tertiary/aromatic N) is 1. The van der Waals surface area contributed by atoms with Crippen molar-refractivity contribution in [3.8, 4) is 0 Å². The standard InChI is InChI=1S/C14H21N3O2S/c1-15-20(18,19)10-11-4-5-14-13(8-11)12(9-16-14)6-7-17(2)3/h4-5,8-9,15-16H,6-7,10H2,1-3H3/i1D3,2D3,3D3,7D2,9D/hD2. The highest BCUT2D eigenvalue weighted by atomic mass is 32.2. The zero-order valence-corrected chi connectivity index (χ0v) is 11.0. The molecule has 0 unspecified atom stereocenters. The third kappa shape index (κ3) is 3.59. The fourth-order valence-corrected chi connectivity index (χ4v) is 2.40. The van der Waals surface area contributed by atoms with Crippen LogP contribution in [0.25, 0.3) is 10.9 Å². The molecule has 2 rings (SSSR count). The molecule has 1 aromatic heterocycles. The molecule has 0 radical (unpaired) electrons.